The number of hydrogen-bond donors (Lipinski definition) is 2. The molecule has 3 fully saturated rings. The highest BCUT2D eigenvalue weighted by atomic mass is 16.2. The van der Waals surface area contributed by atoms with E-state index < -0.39 is 6.17 Å². The van der Waals surface area contributed by atoms with Crippen LogP contribution < -0.4 is 10.6 Å². The Morgan fingerprint density at radius 2 is 1.52 bits per heavy atom. The van der Waals surface area contributed by atoms with Gasteiger partial charge >= 0.3 is 6.03 Å². The average molecular weight is 422 g/mol. The molecule has 6 rings (SSSR count). The Labute approximate surface area is 183 Å². The molecule has 6 heteroatoms. The summed E-state index contributed by atoms with van der Waals surface area (Å²) < 4.78 is 0. The molecule has 2 saturated carbocycles. The molecule has 2 bridgehead atoms. The first-order chi connectivity index (χ1) is 15.1. The van der Waals surface area contributed by atoms with Gasteiger partial charge in [0.05, 0.1) is 11.8 Å². The highest BCUT2D eigenvalue weighted by molar-refractivity contribution is 6.06. The van der Waals surface area contributed by atoms with E-state index in [1.165, 1.54) is 11.3 Å². The minimum atomic E-state index is -0.670. The summed E-state index contributed by atoms with van der Waals surface area (Å²) in [5.41, 5.74) is 0.988. The fraction of sp³-hybridized carbons (Fsp3) is 0.560. The van der Waals surface area contributed by atoms with Gasteiger partial charge in [0.15, 0.2) is 0 Å². The van der Waals surface area contributed by atoms with Crippen molar-refractivity contribution in [2.24, 2.45) is 23.7 Å². The van der Waals surface area contributed by atoms with Gasteiger partial charge in [0.2, 0.25) is 11.8 Å². The topological polar surface area (TPSA) is 78.5 Å². The first-order valence-electron chi connectivity index (χ1n) is 11.8. The predicted octanol–water partition coefficient (Wildman–Crippen LogP) is 3.38. The summed E-state index contributed by atoms with van der Waals surface area (Å²) in [5.74, 6) is -0.480. The van der Waals surface area contributed by atoms with Gasteiger partial charge in [-0.05, 0) is 43.1 Å². The molecule has 2 N–H and O–H groups in total. The molecule has 4 aliphatic carbocycles. The minimum absolute atomic E-state index is 0.118. The van der Waals surface area contributed by atoms with Gasteiger partial charge in [-0.1, -0.05) is 61.7 Å². The predicted molar refractivity (Wildman–Crippen MR) is 117 cm³/mol. The van der Waals surface area contributed by atoms with Crippen LogP contribution in [0.3, 0.4) is 0 Å². The number of likely N-dealkylation sites (tertiary alicyclic amines) is 1. The molecule has 0 spiro atoms. The first kappa shape index (κ1) is 20.3. The summed E-state index contributed by atoms with van der Waals surface area (Å²) in [6.07, 6.45) is 11.4. The number of benzene rings is 1. The van der Waals surface area contributed by atoms with Crippen LogP contribution in [0.25, 0.3) is 0 Å². The van der Waals surface area contributed by atoms with Crippen molar-refractivity contribution in [3.05, 3.63) is 48.0 Å². The van der Waals surface area contributed by atoms with Crippen LogP contribution in [0.4, 0.5) is 4.79 Å². The lowest BCUT2D eigenvalue weighted by atomic mass is 9.63. The van der Waals surface area contributed by atoms with E-state index in [0.29, 0.717) is 6.42 Å². The van der Waals surface area contributed by atoms with Gasteiger partial charge in [0.1, 0.15) is 6.17 Å². The van der Waals surface area contributed by atoms with Crippen LogP contribution in [0, 0.1) is 23.7 Å². The number of nitrogens with zero attached hydrogens (tertiary/aromatic N) is 1. The Balaban J connectivity index is 1.37. The third-order valence-corrected chi connectivity index (χ3v) is 7.62. The smallest absolute Gasteiger partial charge is 0.316 e. The van der Waals surface area contributed by atoms with E-state index in [-0.39, 0.29) is 47.6 Å². The molecular weight excluding hydrogens is 390 g/mol. The van der Waals surface area contributed by atoms with Crippen LogP contribution in [-0.4, -0.2) is 35.0 Å². The van der Waals surface area contributed by atoms with E-state index >= 15 is 0 Å². The van der Waals surface area contributed by atoms with Crippen molar-refractivity contribution < 1.29 is 14.4 Å². The van der Waals surface area contributed by atoms with Crippen LogP contribution in [0.15, 0.2) is 42.5 Å². The van der Waals surface area contributed by atoms with E-state index in [2.05, 4.69) is 22.8 Å². The quantitative estimate of drug-likeness (QED) is 0.565. The Morgan fingerprint density at radius 3 is 2.10 bits per heavy atom. The zero-order chi connectivity index (χ0) is 21.4. The molecule has 1 aromatic carbocycles. The van der Waals surface area contributed by atoms with Gasteiger partial charge in [-0.25, -0.2) is 4.79 Å². The molecule has 5 atom stereocenters. The molecule has 1 heterocycles. The third-order valence-electron chi connectivity index (χ3n) is 7.62. The number of fused-ring (bicyclic) bond motifs is 1. The number of carbonyl (C=O) groups excluding carboxylic acids is 3. The van der Waals surface area contributed by atoms with E-state index in [4.69, 9.17) is 0 Å². The lowest BCUT2D eigenvalue weighted by Crippen LogP contribution is -2.56. The van der Waals surface area contributed by atoms with Crippen molar-refractivity contribution in [2.75, 3.05) is 0 Å². The molecule has 0 aromatic heterocycles. The lowest BCUT2D eigenvalue weighted by molar-refractivity contribution is -0.143. The average Bonchev–Trinajstić information content (AvgIpc) is 3.08. The molecule has 0 radical (unpaired) electrons. The number of nitrogens with one attached hydrogen (secondary N) is 2. The molecule has 6 nitrogen and oxygen atoms in total. The second-order valence-corrected chi connectivity index (χ2v) is 9.55. The number of urea groups is 1. The van der Waals surface area contributed by atoms with Crippen molar-refractivity contribution in [1.82, 2.24) is 15.5 Å². The van der Waals surface area contributed by atoms with Gasteiger partial charge in [0.25, 0.3) is 0 Å². The van der Waals surface area contributed by atoms with Crippen LogP contribution in [0.2, 0.25) is 0 Å². The van der Waals surface area contributed by atoms with Crippen molar-refractivity contribution in [3.63, 3.8) is 0 Å². The van der Waals surface area contributed by atoms with Crippen molar-refractivity contribution in [3.8, 4) is 0 Å². The summed E-state index contributed by atoms with van der Waals surface area (Å²) in [4.78, 5) is 41.1. The van der Waals surface area contributed by atoms with E-state index in [1.807, 2.05) is 30.3 Å². The Kier molecular flexibility index (Phi) is 5.55. The number of allylic oxidation sites excluding steroid dienone is 2. The Bertz CT molecular complexity index is 845. The third kappa shape index (κ3) is 3.88. The molecular formula is C25H31N3O3. The van der Waals surface area contributed by atoms with E-state index in [0.717, 1.165) is 44.1 Å². The maximum absolute atomic E-state index is 13.4. The molecule has 4 amide bonds. The fourth-order valence-corrected chi connectivity index (χ4v) is 6.07. The number of amides is 4. The largest absolute Gasteiger partial charge is 0.335 e. The molecule has 164 valence electrons. The summed E-state index contributed by atoms with van der Waals surface area (Å²) in [5, 5.41) is 6.06. The van der Waals surface area contributed by atoms with Gasteiger partial charge in [0, 0.05) is 12.5 Å². The molecule has 1 aliphatic heterocycles. The second-order valence-electron chi connectivity index (χ2n) is 9.55. The second kappa shape index (κ2) is 8.48. The first-order valence-corrected chi connectivity index (χ1v) is 11.8. The standard InChI is InChI=1S/C25H31N3O3/c29-23-21-17-11-12-18(14-13-17)22(21)24(30)28(23)20(15-16-7-3-1-4-8-16)27-25(31)26-19-9-5-2-6-10-19/h1,3-4,7-8,11-12,17-22H,2,5-6,9-10,13-15H2,(H2,26,27,31)/t17-,18-,20-,21+,22+/m0/s1. The zero-order valence-electron chi connectivity index (χ0n) is 17.8. The molecule has 1 saturated heterocycles. The molecule has 0 unspecified atom stereocenters. The maximum Gasteiger partial charge on any atom is 0.316 e. The summed E-state index contributed by atoms with van der Waals surface area (Å²) in [6, 6.07) is 9.63. The lowest BCUT2D eigenvalue weighted by Gasteiger charge is -2.38. The highest BCUT2D eigenvalue weighted by Crippen LogP contribution is 2.50. The number of rotatable bonds is 5. The Hall–Kier alpha value is -2.63. The molecule has 31 heavy (non-hydrogen) atoms. The zero-order valence-corrected chi connectivity index (χ0v) is 17.8. The summed E-state index contributed by atoms with van der Waals surface area (Å²) >= 11 is 0. The SMILES string of the molecule is O=C(NC1CCCCC1)N[C@H](Cc1ccccc1)N1C(=O)[C@H]2[C@H](C1=O)[C@H]1C=C[C@H]2CC1. The van der Waals surface area contributed by atoms with Crippen LogP contribution in [0.5, 0.6) is 0 Å². The summed E-state index contributed by atoms with van der Waals surface area (Å²) in [7, 11) is 0. The number of hydrogen-bond acceptors (Lipinski definition) is 3. The van der Waals surface area contributed by atoms with E-state index in [9.17, 15) is 14.4 Å². The van der Waals surface area contributed by atoms with Crippen molar-refractivity contribution in [2.45, 2.75) is 63.6 Å². The summed E-state index contributed by atoms with van der Waals surface area (Å²) in [6.45, 7) is 0. The van der Waals surface area contributed by atoms with E-state index in [1.54, 1.807) is 0 Å². The molecule has 5 aliphatic rings. The van der Waals surface area contributed by atoms with Gasteiger partial charge in [-0.3, -0.25) is 14.5 Å². The highest BCUT2D eigenvalue weighted by Gasteiger charge is 2.58. The number of imide groups is 1. The molecule has 1 aromatic rings. The maximum atomic E-state index is 13.4. The van der Waals surface area contributed by atoms with Crippen LogP contribution in [0.1, 0.15) is 50.5 Å². The normalized spacial score (nSPS) is 30.9. The Morgan fingerprint density at radius 1 is 0.903 bits per heavy atom. The van der Waals surface area contributed by atoms with Crippen molar-refractivity contribution in [1.29, 1.82) is 0 Å². The van der Waals surface area contributed by atoms with Crippen LogP contribution >= 0.6 is 0 Å². The minimum Gasteiger partial charge on any atom is -0.335 e. The van der Waals surface area contributed by atoms with Crippen molar-refractivity contribution >= 4 is 17.8 Å². The van der Waals surface area contributed by atoms with Gasteiger partial charge < -0.3 is 10.6 Å². The van der Waals surface area contributed by atoms with Gasteiger partial charge in [-0.2, -0.15) is 0 Å². The monoisotopic (exact) mass is 421 g/mol. The van der Waals surface area contributed by atoms with Gasteiger partial charge in [-0.15, -0.1) is 0 Å². The van der Waals surface area contributed by atoms with Crippen LogP contribution in [-0.2, 0) is 16.0 Å². The number of carbonyl (C=O) groups is 3. The fourth-order valence-electron chi connectivity index (χ4n) is 6.07.